The van der Waals surface area contributed by atoms with Crippen molar-refractivity contribution >= 4 is 40.9 Å². The van der Waals surface area contributed by atoms with Gasteiger partial charge in [0.15, 0.2) is 0 Å². The molecule has 0 radical (unpaired) electrons. The molecule has 0 saturated carbocycles. The fourth-order valence-electron chi connectivity index (χ4n) is 2.35. The van der Waals surface area contributed by atoms with Crippen LogP contribution in [-0.2, 0) is 4.79 Å². The number of hydrogen-bond acceptors (Lipinski definition) is 2. The highest BCUT2D eigenvalue weighted by Crippen LogP contribution is 2.25. The summed E-state index contributed by atoms with van der Waals surface area (Å²) in [5, 5.41) is 12.7. The average Bonchev–Trinajstić information content (AvgIpc) is 3.12. The summed E-state index contributed by atoms with van der Waals surface area (Å²) in [6.45, 7) is 0. The number of anilines is 1. The molecule has 0 saturated heterocycles. The smallest absolute Gasteiger partial charge is 0.266 e. The molecule has 4 nitrogen and oxygen atoms in total. The lowest BCUT2D eigenvalue weighted by Crippen LogP contribution is -2.13. The van der Waals surface area contributed by atoms with Crippen molar-refractivity contribution in [3.63, 3.8) is 0 Å². The molecule has 0 fully saturated rings. The van der Waals surface area contributed by atoms with Gasteiger partial charge in [0, 0.05) is 23.8 Å². The molecule has 0 aliphatic carbocycles. The number of nitrogens with zero attached hydrogens (tertiary/aromatic N) is 2. The van der Waals surface area contributed by atoms with Crippen LogP contribution in [0.2, 0.25) is 10.0 Å². The van der Waals surface area contributed by atoms with Crippen molar-refractivity contribution in [1.29, 1.82) is 5.26 Å². The second-order valence-corrected chi connectivity index (χ2v) is 6.25. The first kappa shape index (κ1) is 17.8. The Bertz CT molecular complexity index is 1020. The highest BCUT2D eigenvalue weighted by molar-refractivity contribution is 6.42. The lowest BCUT2D eigenvalue weighted by molar-refractivity contribution is -0.112. The minimum atomic E-state index is -0.515. The molecule has 0 bridgehead atoms. The van der Waals surface area contributed by atoms with Gasteiger partial charge in [-0.2, -0.15) is 5.26 Å². The third kappa shape index (κ3) is 4.15. The van der Waals surface area contributed by atoms with E-state index in [2.05, 4.69) is 5.32 Å². The Morgan fingerprint density at radius 1 is 1.08 bits per heavy atom. The molecule has 0 aliphatic heterocycles. The van der Waals surface area contributed by atoms with Crippen LogP contribution in [0.4, 0.5) is 5.69 Å². The van der Waals surface area contributed by atoms with E-state index in [1.54, 1.807) is 12.1 Å². The summed E-state index contributed by atoms with van der Waals surface area (Å²) in [5.74, 6) is -0.515. The monoisotopic (exact) mass is 381 g/mol. The van der Waals surface area contributed by atoms with Crippen LogP contribution in [0.15, 0.2) is 72.6 Å². The summed E-state index contributed by atoms with van der Waals surface area (Å²) in [7, 11) is 0. The van der Waals surface area contributed by atoms with Gasteiger partial charge in [-0.05, 0) is 48.0 Å². The van der Waals surface area contributed by atoms with Crippen molar-refractivity contribution in [2.75, 3.05) is 5.32 Å². The molecule has 0 aliphatic rings. The Morgan fingerprint density at radius 2 is 1.85 bits per heavy atom. The molecule has 0 unspecified atom stereocenters. The lowest BCUT2D eigenvalue weighted by Gasteiger charge is -2.05. The van der Waals surface area contributed by atoms with E-state index in [-0.39, 0.29) is 5.57 Å². The van der Waals surface area contributed by atoms with Crippen LogP contribution in [0.5, 0.6) is 0 Å². The van der Waals surface area contributed by atoms with Gasteiger partial charge < -0.3 is 9.88 Å². The summed E-state index contributed by atoms with van der Waals surface area (Å²) in [6, 6.07) is 18.2. The number of nitrogens with one attached hydrogen (secondary N) is 1. The van der Waals surface area contributed by atoms with E-state index in [0.29, 0.717) is 15.7 Å². The van der Waals surface area contributed by atoms with E-state index in [0.717, 1.165) is 11.3 Å². The summed E-state index contributed by atoms with van der Waals surface area (Å²) in [4.78, 5) is 12.3. The number of carbonyl (C=O) groups excluding carboxylic acids is 1. The van der Waals surface area contributed by atoms with Crippen LogP contribution in [0.25, 0.3) is 11.8 Å². The maximum absolute atomic E-state index is 12.3. The maximum Gasteiger partial charge on any atom is 0.266 e. The molecule has 6 heteroatoms. The van der Waals surface area contributed by atoms with Crippen molar-refractivity contribution < 1.29 is 4.79 Å². The van der Waals surface area contributed by atoms with Gasteiger partial charge in [0.1, 0.15) is 11.6 Å². The molecule has 0 atom stereocenters. The number of benzene rings is 2. The van der Waals surface area contributed by atoms with Crippen LogP contribution >= 0.6 is 23.2 Å². The highest BCUT2D eigenvalue weighted by atomic mass is 35.5. The standard InChI is InChI=1S/C20H13Cl2N3O/c21-18-7-6-16(11-19(18)22)24-20(26)15(12-23)10-14-8-9-25(13-14)17-4-2-1-3-5-17/h1-11,13H,(H,24,26)/b15-10+. The number of halogens is 2. The van der Waals surface area contributed by atoms with Crippen molar-refractivity contribution in [3.05, 3.63) is 88.2 Å². The lowest BCUT2D eigenvalue weighted by atomic mass is 10.2. The Labute approximate surface area is 160 Å². The first-order valence-corrected chi connectivity index (χ1v) is 8.44. The highest BCUT2D eigenvalue weighted by Gasteiger charge is 2.11. The number of carbonyl (C=O) groups is 1. The van der Waals surface area contributed by atoms with Gasteiger partial charge in [-0.25, -0.2) is 0 Å². The molecular weight excluding hydrogens is 369 g/mol. The van der Waals surface area contributed by atoms with Crippen molar-refractivity contribution in [1.82, 2.24) is 4.57 Å². The van der Waals surface area contributed by atoms with E-state index >= 15 is 0 Å². The number of hydrogen-bond donors (Lipinski definition) is 1. The van der Waals surface area contributed by atoms with Crippen LogP contribution in [-0.4, -0.2) is 10.5 Å². The van der Waals surface area contributed by atoms with E-state index in [4.69, 9.17) is 23.2 Å². The van der Waals surface area contributed by atoms with Gasteiger partial charge in [-0.1, -0.05) is 41.4 Å². The molecule has 128 valence electrons. The molecule has 1 aromatic heterocycles. The number of rotatable bonds is 4. The first-order chi connectivity index (χ1) is 12.6. The second-order valence-electron chi connectivity index (χ2n) is 5.44. The molecular formula is C20H13Cl2N3O. The minimum absolute atomic E-state index is 0.0121. The zero-order valence-electron chi connectivity index (χ0n) is 13.5. The Morgan fingerprint density at radius 3 is 2.54 bits per heavy atom. The van der Waals surface area contributed by atoms with E-state index in [9.17, 15) is 10.1 Å². The van der Waals surface area contributed by atoms with Crippen LogP contribution in [0.1, 0.15) is 5.56 Å². The third-order valence-corrected chi connectivity index (χ3v) is 4.36. The van der Waals surface area contributed by atoms with Gasteiger partial charge >= 0.3 is 0 Å². The normalized spacial score (nSPS) is 11.0. The zero-order valence-corrected chi connectivity index (χ0v) is 15.0. The molecule has 3 aromatic rings. The number of aromatic nitrogens is 1. The molecule has 1 amide bonds. The average molecular weight is 382 g/mol. The largest absolute Gasteiger partial charge is 0.323 e. The van der Waals surface area contributed by atoms with E-state index in [1.807, 2.05) is 59.4 Å². The predicted octanol–water partition coefficient (Wildman–Crippen LogP) is 5.33. The van der Waals surface area contributed by atoms with Crippen molar-refractivity contribution in [3.8, 4) is 11.8 Å². The fraction of sp³-hybridized carbons (Fsp3) is 0. The van der Waals surface area contributed by atoms with Crippen LogP contribution in [0, 0.1) is 11.3 Å². The quantitative estimate of drug-likeness (QED) is 0.490. The number of amides is 1. The Balaban J connectivity index is 1.80. The van der Waals surface area contributed by atoms with Gasteiger partial charge in [0.2, 0.25) is 0 Å². The molecule has 3 rings (SSSR count). The summed E-state index contributed by atoms with van der Waals surface area (Å²) >= 11 is 11.8. The van der Waals surface area contributed by atoms with Crippen molar-refractivity contribution in [2.24, 2.45) is 0 Å². The molecule has 26 heavy (non-hydrogen) atoms. The predicted molar refractivity (Wildman–Crippen MR) is 104 cm³/mol. The summed E-state index contributed by atoms with van der Waals surface area (Å²) < 4.78 is 1.91. The van der Waals surface area contributed by atoms with E-state index in [1.165, 1.54) is 12.1 Å². The molecule has 1 heterocycles. The number of para-hydroxylation sites is 1. The first-order valence-electron chi connectivity index (χ1n) is 7.68. The van der Waals surface area contributed by atoms with E-state index < -0.39 is 5.91 Å². The topological polar surface area (TPSA) is 57.8 Å². The second kappa shape index (κ2) is 7.92. The third-order valence-electron chi connectivity index (χ3n) is 3.62. The van der Waals surface area contributed by atoms with Crippen LogP contribution < -0.4 is 5.32 Å². The van der Waals surface area contributed by atoms with Gasteiger partial charge in [-0.3, -0.25) is 4.79 Å². The SMILES string of the molecule is N#C/C(=C\c1ccn(-c2ccccc2)c1)C(=O)Nc1ccc(Cl)c(Cl)c1. The molecule has 2 aromatic carbocycles. The van der Waals surface area contributed by atoms with Crippen LogP contribution in [0.3, 0.4) is 0 Å². The molecule has 1 N–H and O–H groups in total. The maximum atomic E-state index is 12.3. The van der Waals surface area contributed by atoms with Crippen molar-refractivity contribution in [2.45, 2.75) is 0 Å². The number of nitriles is 1. The fourth-order valence-corrected chi connectivity index (χ4v) is 2.64. The van der Waals surface area contributed by atoms with Gasteiger partial charge in [0.05, 0.1) is 10.0 Å². The minimum Gasteiger partial charge on any atom is -0.323 e. The van der Waals surface area contributed by atoms with Gasteiger partial charge in [0.25, 0.3) is 5.91 Å². The summed E-state index contributed by atoms with van der Waals surface area (Å²) in [5.41, 5.74) is 2.19. The molecule has 0 spiro atoms. The Kier molecular flexibility index (Phi) is 5.43. The summed E-state index contributed by atoms with van der Waals surface area (Å²) in [6.07, 6.45) is 5.25. The Hall–Kier alpha value is -3.00. The zero-order chi connectivity index (χ0) is 18.5. The van der Waals surface area contributed by atoms with Gasteiger partial charge in [-0.15, -0.1) is 0 Å².